The third-order valence-electron chi connectivity index (χ3n) is 5.47. The van der Waals surface area contributed by atoms with Crippen LogP contribution in [0.25, 0.3) is 22.5 Å². The number of hydrogen-bond donors (Lipinski definition) is 0. The molecule has 0 radical (unpaired) electrons. The second-order valence-electron chi connectivity index (χ2n) is 7.43. The molecule has 0 spiro atoms. The molecule has 0 saturated heterocycles. The van der Waals surface area contributed by atoms with Crippen LogP contribution in [0.1, 0.15) is 11.1 Å². The van der Waals surface area contributed by atoms with E-state index in [9.17, 15) is 5.26 Å². The van der Waals surface area contributed by atoms with Crippen molar-refractivity contribution in [2.24, 2.45) is 4.99 Å². The Morgan fingerprint density at radius 3 is 1.89 bits per heavy atom. The van der Waals surface area contributed by atoms with Crippen molar-refractivity contribution in [3.63, 3.8) is 0 Å². The van der Waals surface area contributed by atoms with E-state index in [1.807, 2.05) is 54.6 Å². The molecule has 0 N–H and O–H groups in total. The number of methoxy groups -OCH3 is 4. The maximum absolute atomic E-state index is 10.1. The number of benzene rings is 3. The quantitative estimate of drug-likeness (QED) is 0.283. The number of hydrogen-bond acceptors (Lipinski definition) is 7. The van der Waals surface area contributed by atoms with E-state index in [4.69, 9.17) is 23.4 Å². The van der Waals surface area contributed by atoms with Crippen LogP contribution in [0.5, 0.6) is 23.0 Å². The van der Waals surface area contributed by atoms with Gasteiger partial charge in [-0.2, -0.15) is 5.26 Å². The van der Waals surface area contributed by atoms with E-state index in [1.54, 1.807) is 46.8 Å². The van der Waals surface area contributed by atoms with E-state index in [1.165, 1.54) is 0 Å². The summed E-state index contributed by atoms with van der Waals surface area (Å²) in [5, 5.41) is 10.1. The summed E-state index contributed by atoms with van der Waals surface area (Å²) in [7, 11) is 6.37. The van der Waals surface area contributed by atoms with E-state index in [0.29, 0.717) is 34.1 Å². The van der Waals surface area contributed by atoms with E-state index < -0.39 is 0 Å². The third-order valence-corrected chi connectivity index (χ3v) is 5.47. The van der Waals surface area contributed by atoms with Crippen molar-refractivity contribution < 1.29 is 23.4 Å². The lowest BCUT2D eigenvalue weighted by Gasteiger charge is -2.07. The van der Waals surface area contributed by atoms with Crippen molar-refractivity contribution in [2.45, 2.75) is 0 Å². The molecule has 0 aliphatic rings. The first-order chi connectivity index (χ1) is 17.1. The summed E-state index contributed by atoms with van der Waals surface area (Å²) in [5.41, 5.74) is 3.35. The zero-order valence-electron chi connectivity index (χ0n) is 19.9. The molecule has 0 amide bonds. The van der Waals surface area contributed by atoms with Crippen LogP contribution in [0, 0.1) is 11.3 Å². The second kappa shape index (κ2) is 10.5. The van der Waals surface area contributed by atoms with Crippen LogP contribution in [-0.4, -0.2) is 34.7 Å². The van der Waals surface area contributed by atoms with Gasteiger partial charge in [0.05, 0.1) is 28.4 Å². The highest BCUT2D eigenvalue weighted by molar-refractivity contribution is 5.90. The van der Waals surface area contributed by atoms with Gasteiger partial charge in [-0.25, -0.2) is 4.99 Å². The molecule has 35 heavy (non-hydrogen) atoms. The minimum atomic E-state index is 0.207. The summed E-state index contributed by atoms with van der Waals surface area (Å²) < 4.78 is 27.4. The summed E-state index contributed by atoms with van der Waals surface area (Å²) in [6.45, 7) is 0. The standard InChI is InChI=1S/C28H24N2O5/c1-31-21-10-6-19(7-11-21)26-23(16-29)28(35-27(26)20-8-12-22(32-2)13-9-20)30-17-18-5-14-24(33-3)25(15-18)34-4/h5-15,17H,1-4H3. The second-order valence-corrected chi connectivity index (χ2v) is 7.43. The van der Waals surface area contributed by atoms with E-state index in [-0.39, 0.29) is 5.88 Å². The van der Waals surface area contributed by atoms with Crippen molar-refractivity contribution in [3.05, 3.63) is 77.9 Å². The molecule has 0 fully saturated rings. The molecule has 1 aromatic heterocycles. The van der Waals surface area contributed by atoms with Gasteiger partial charge in [-0.05, 0) is 65.7 Å². The van der Waals surface area contributed by atoms with Gasteiger partial charge in [-0.3, -0.25) is 0 Å². The zero-order chi connectivity index (χ0) is 24.8. The summed E-state index contributed by atoms with van der Waals surface area (Å²) in [4.78, 5) is 4.52. The molecule has 0 aliphatic heterocycles. The highest BCUT2D eigenvalue weighted by Crippen LogP contribution is 2.43. The topological polar surface area (TPSA) is 86.2 Å². The molecular formula is C28H24N2O5. The van der Waals surface area contributed by atoms with Crippen LogP contribution < -0.4 is 18.9 Å². The fraction of sp³-hybridized carbons (Fsp3) is 0.143. The van der Waals surface area contributed by atoms with Crippen LogP contribution in [0.3, 0.4) is 0 Å². The van der Waals surface area contributed by atoms with E-state index >= 15 is 0 Å². The molecule has 0 aliphatic carbocycles. The lowest BCUT2D eigenvalue weighted by molar-refractivity contribution is 0.355. The van der Waals surface area contributed by atoms with Crippen molar-refractivity contribution in [1.29, 1.82) is 5.26 Å². The Balaban J connectivity index is 1.84. The van der Waals surface area contributed by atoms with Crippen molar-refractivity contribution >= 4 is 12.1 Å². The van der Waals surface area contributed by atoms with Crippen molar-refractivity contribution in [3.8, 4) is 51.5 Å². The third kappa shape index (κ3) is 4.82. The molecule has 7 heteroatoms. The van der Waals surface area contributed by atoms with Gasteiger partial charge in [-0.15, -0.1) is 0 Å². The van der Waals surface area contributed by atoms with Gasteiger partial charge in [0.2, 0.25) is 5.88 Å². The molecule has 7 nitrogen and oxygen atoms in total. The molecule has 3 aromatic carbocycles. The van der Waals surface area contributed by atoms with Crippen LogP contribution in [0.2, 0.25) is 0 Å². The van der Waals surface area contributed by atoms with Gasteiger partial charge in [0.25, 0.3) is 0 Å². The highest BCUT2D eigenvalue weighted by Gasteiger charge is 2.23. The lowest BCUT2D eigenvalue weighted by Crippen LogP contribution is -1.92. The maximum atomic E-state index is 10.1. The first kappa shape index (κ1) is 23.5. The maximum Gasteiger partial charge on any atom is 0.238 e. The molecule has 0 bridgehead atoms. The minimum Gasteiger partial charge on any atom is -0.497 e. The molecular weight excluding hydrogens is 444 g/mol. The monoisotopic (exact) mass is 468 g/mol. The smallest absolute Gasteiger partial charge is 0.238 e. The van der Waals surface area contributed by atoms with Crippen LogP contribution >= 0.6 is 0 Å². The number of rotatable bonds is 8. The SMILES string of the molecule is COc1ccc(-c2oc(N=Cc3ccc(OC)c(OC)c3)c(C#N)c2-c2ccc(OC)cc2)cc1. The number of furan rings is 1. The van der Waals surface area contributed by atoms with E-state index in [0.717, 1.165) is 22.4 Å². The molecule has 1 heterocycles. The number of aliphatic imine (C=N–C) groups is 1. The zero-order valence-corrected chi connectivity index (χ0v) is 19.9. The van der Waals surface area contributed by atoms with Gasteiger partial charge in [0.15, 0.2) is 11.5 Å². The predicted octanol–water partition coefficient (Wildman–Crippen LogP) is 6.27. The van der Waals surface area contributed by atoms with Gasteiger partial charge in [0, 0.05) is 17.3 Å². The minimum absolute atomic E-state index is 0.207. The summed E-state index contributed by atoms with van der Waals surface area (Å²) in [6.07, 6.45) is 1.62. The van der Waals surface area contributed by atoms with Gasteiger partial charge in [-0.1, -0.05) is 12.1 Å². The molecule has 176 valence electrons. The van der Waals surface area contributed by atoms with Crippen LogP contribution in [0.15, 0.2) is 76.1 Å². The molecule has 0 unspecified atom stereocenters. The highest BCUT2D eigenvalue weighted by atomic mass is 16.5. The molecule has 0 saturated carbocycles. The van der Waals surface area contributed by atoms with Crippen LogP contribution in [-0.2, 0) is 0 Å². The summed E-state index contributed by atoms with van der Waals surface area (Å²) in [6, 6.07) is 22.6. The Bertz CT molecular complexity index is 1380. The van der Waals surface area contributed by atoms with Crippen molar-refractivity contribution in [2.75, 3.05) is 28.4 Å². The average molecular weight is 469 g/mol. The van der Waals surface area contributed by atoms with Gasteiger partial charge < -0.3 is 23.4 Å². The lowest BCUT2D eigenvalue weighted by atomic mass is 9.98. The molecule has 4 rings (SSSR count). The summed E-state index contributed by atoms with van der Waals surface area (Å²) in [5.74, 6) is 3.37. The Kier molecular flexibility index (Phi) is 7.03. The number of nitriles is 1. The Morgan fingerprint density at radius 1 is 0.743 bits per heavy atom. The number of nitrogens with zero attached hydrogens (tertiary/aromatic N) is 2. The number of ether oxygens (including phenoxy) is 4. The fourth-order valence-electron chi connectivity index (χ4n) is 3.66. The molecule has 4 aromatic rings. The Labute approximate surface area is 203 Å². The summed E-state index contributed by atoms with van der Waals surface area (Å²) >= 11 is 0. The van der Waals surface area contributed by atoms with Gasteiger partial charge >= 0.3 is 0 Å². The Hall–Kier alpha value is -4.70. The van der Waals surface area contributed by atoms with Crippen LogP contribution in [0.4, 0.5) is 5.88 Å². The first-order valence-corrected chi connectivity index (χ1v) is 10.7. The normalized spacial score (nSPS) is 10.7. The van der Waals surface area contributed by atoms with Gasteiger partial charge in [0.1, 0.15) is 28.9 Å². The average Bonchev–Trinajstić information content (AvgIpc) is 3.30. The van der Waals surface area contributed by atoms with Crippen molar-refractivity contribution in [1.82, 2.24) is 0 Å². The van der Waals surface area contributed by atoms with E-state index in [2.05, 4.69) is 11.1 Å². The predicted molar refractivity (Wildman–Crippen MR) is 134 cm³/mol. The molecule has 0 atom stereocenters. The largest absolute Gasteiger partial charge is 0.497 e. The fourth-order valence-corrected chi connectivity index (χ4v) is 3.66. The first-order valence-electron chi connectivity index (χ1n) is 10.7. The Morgan fingerprint density at radius 2 is 1.34 bits per heavy atom.